The topological polar surface area (TPSA) is 13.1 Å². The van der Waals surface area contributed by atoms with Gasteiger partial charge in [0.05, 0.1) is 38.4 Å². The molecule has 1 heteroatoms. The van der Waals surface area contributed by atoms with Crippen LogP contribution in [0, 0.1) is 0 Å². The third-order valence-corrected chi connectivity index (χ3v) is 9.45. The van der Waals surface area contributed by atoms with E-state index in [1.54, 1.807) is 0 Å². The lowest BCUT2D eigenvalue weighted by Crippen LogP contribution is -2.14. The number of hydrogen-bond acceptors (Lipinski definition) is 1. The molecule has 0 saturated heterocycles. The van der Waals surface area contributed by atoms with Crippen LogP contribution in [-0.2, 0) is 5.41 Å². The van der Waals surface area contributed by atoms with Crippen molar-refractivity contribution in [1.82, 2.24) is 0 Å². The highest BCUT2D eigenvalue weighted by atomic mass is 16.3. The highest BCUT2D eigenvalue weighted by Gasteiger charge is 2.36. The van der Waals surface area contributed by atoms with Crippen molar-refractivity contribution >= 4 is 54.3 Å². The molecule has 52 heavy (non-hydrogen) atoms. The number of benzene rings is 9. The SMILES string of the molecule is [2H]c1c([2H])c(-c2c([2H])c([2H])c([2H])c3c2-c2c([2H])c([2H])c([2H])c([2H])c2C3(C)C)c([2H])c(-c2c3c([2H])c([2H])c([2H])c([2H])c3c(-c3c([2H])c([2H])c4oc5c([2H])c6c([2H])c([2H])c([2H])c([2H])c6c([2H])c5c4c3[2H])c3c([2H])c([2H])c([2H])c([2H])c23)c1[2H]. The Morgan fingerprint density at radius 2 is 0.923 bits per heavy atom. The van der Waals surface area contributed by atoms with Crippen molar-refractivity contribution in [2.24, 2.45) is 0 Å². The van der Waals surface area contributed by atoms with Crippen LogP contribution in [0.15, 0.2) is 174 Å². The molecule has 0 N–H and O–H groups in total. The molecule has 0 spiro atoms. The molecule has 0 radical (unpaired) electrons. The summed E-state index contributed by atoms with van der Waals surface area (Å²) >= 11 is 0. The van der Waals surface area contributed by atoms with Gasteiger partial charge in [0.25, 0.3) is 0 Å². The van der Waals surface area contributed by atoms with Gasteiger partial charge in [0, 0.05) is 16.2 Å². The van der Waals surface area contributed by atoms with Crippen LogP contribution in [0.1, 0.15) is 63.4 Å². The molecule has 9 aromatic carbocycles. The van der Waals surface area contributed by atoms with Gasteiger partial charge in [-0.05, 0) is 118 Å². The van der Waals surface area contributed by atoms with Crippen molar-refractivity contribution in [3.05, 3.63) is 180 Å². The van der Waals surface area contributed by atoms with E-state index >= 15 is 0 Å². The third kappa shape index (κ3) is 4.11. The van der Waals surface area contributed by atoms with Crippen LogP contribution in [0.3, 0.4) is 0 Å². The maximum Gasteiger partial charge on any atom is 0.136 e. The number of furan rings is 1. The number of rotatable bonds is 3. The minimum absolute atomic E-state index is 0.0698. The van der Waals surface area contributed by atoms with Crippen LogP contribution >= 0.6 is 0 Å². The quantitative estimate of drug-likeness (QED) is 0.168. The summed E-state index contributed by atoms with van der Waals surface area (Å²) in [5.41, 5.74) is -7.87. The molecule has 10 aromatic rings. The Labute approximate surface area is 341 Å². The van der Waals surface area contributed by atoms with Crippen molar-refractivity contribution in [2.45, 2.75) is 19.3 Å². The van der Waals surface area contributed by atoms with Gasteiger partial charge in [-0.15, -0.1) is 0 Å². The summed E-state index contributed by atoms with van der Waals surface area (Å²) in [6, 6.07) is -24.1. The van der Waals surface area contributed by atoms with Gasteiger partial charge in [0.1, 0.15) is 11.2 Å². The Bertz CT molecular complexity index is 4630. The van der Waals surface area contributed by atoms with Gasteiger partial charge in [0.2, 0.25) is 0 Å². The molecular formula is C51H34O. The van der Waals surface area contributed by atoms with E-state index in [0.717, 1.165) is 0 Å². The summed E-state index contributed by atoms with van der Waals surface area (Å²) in [5.74, 6) is 0. The second-order valence-electron chi connectivity index (χ2n) is 12.6. The van der Waals surface area contributed by atoms with Gasteiger partial charge >= 0.3 is 0 Å². The van der Waals surface area contributed by atoms with E-state index in [0.29, 0.717) is 0 Å². The van der Waals surface area contributed by atoms with Crippen LogP contribution in [0.2, 0.25) is 0 Å². The smallest absolute Gasteiger partial charge is 0.136 e. The van der Waals surface area contributed by atoms with Crippen LogP contribution in [-0.4, -0.2) is 0 Å². The van der Waals surface area contributed by atoms with Gasteiger partial charge < -0.3 is 4.42 Å². The maximum absolute atomic E-state index is 10.1. The molecule has 0 bridgehead atoms. The molecule has 1 aliphatic rings. The van der Waals surface area contributed by atoms with E-state index in [1.807, 2.05) is 0 Å². The van der Waals surface area contributed by atoms with Gasteiger partial charge in [0.15, 0.2) is 0 Å². The molecule has 0 atom stereocenters. The second kappa shape index (κ2) is 10.8. The van der Waals surface area contributed by atoms with Crippen molar-refractivity contribution < 1.29 is 42.8 Å². The zero-order chi connectivity index (χ0) is 58.9. The average molecular weight is 691 g/mol. The number of fused-ring (bicyclic) bond motifs is 9. The van der Waals surface area contributed by atoms with Gasteiger partial charge in [-0.25, -0.2) is 0 Å². The van der Waals surface area contributed by atoms with E-state index in [2.05, 4.69) is 0 Å². The Kier molecular flexibility index (Phi) is 2.69. The first kappa shape index (κ1) is 13.0. The fourth-order valence-corrected chi connectivity index (χ4v) is 7.11. The molecule has 0 unspecified atom stereocenters. The third-order valence-electron chi connectivity index (χ3n) is 9.45. The van der Waals surface area contributed by atoms with E-state index in [1.165, 1.54) is 13.8 Å². The zero-order valence-corrected chi connectivity index (χ0v) is 26.9. The van der Waals surface area contributed by atoms with Gasteiger partial charge in [-0.2, -0.15) is 0 Å². The molecule has 11 rings (SSSR count). The van der Waals surface area contributed by atoms with Crippen molar-refractivity contribution in [2.75, 3.05) is 0 Å². The minimum Gasteiger partial charge on any atom is -0.456 e. The summed E-state index contributed by atoms with van der Waals surface area (Å²) < 4.78 is 263. The minimum atomic E-state index is -1.53. The Hall–Kier alpha value is -6.44. The van der Waals surface area contributed by atoms with Crippen LogP contribution < -0.4 is 0 Å². The van der Waals surface area contributed by atoms with E-state index in [-0.39, 0.29) is 22.3 Å². The number of hydrogen-bond donors (Lipinski definition) is 0. The zero-order valence-electron chi connectivity index (χ0n) is 54.9. The van der Waals surface area contributed by atoms with Crippen molar-refractivity contribution in [3.8, 4) is 44.5 Å². The first-order valence-corrected chi connectivity index (χ1v) is 15.9. The highest BCUT2D eigenvalue weighted by molar-refractivity contribution is 6.22. The predicted octanol–water partition coefficient (Wildman–Crippen LogP) is 14.4. The van der Waals surface area contributed by atoms with E-state index in [9.17, 15) is 17.8 Å². The fourth-order valence-electron chi connectivity index (χ4n) is 7.11. The summed E-state index contributed by atoms with van der Waals surface area (Å²) in [6.07, 6.45) is 0. The molecule has 1 nitrogen and oxygen atoms in total. The molecule has 1 aromatic heterocycles. The summed E-state index contributed by atoms with van der Waals surface area (Å²) in [7, 11) is 0. The van der Waals surface area contributed by atoms with Gasteiger partial charge in [-0.1, -0.05) is 153 Å². The summed E-state index contributed by atoms with van der Waals surface area (Å²) in [6.45, 7) is 3.01. The molecular weight excluding hydrogens is 629 g/mol. The molecule has 1 aliphatic carbocycles. The Morgan fingerprint density at radius 3 is 1.65 bits per heavy atom. The Balaban J connectivity index is 1.39. The van der Waals surface area contributed by atoms with Crippen LogP contribution in [0.25, 0.3) is 98.8 Å². The predicted molar refractivity (Wildman–Crippen MR) is 220 cm³/mol. The lowest BCUT2D eigenvalue weighted by molar-refractivity contribution is 0.660. The molecule has 0 amide bonds. The van der Waals surface area contributed by atoms with E-state index in [4.69, 9.17) is 25.0 Å². The molecule has 244 valence electrons. The monoisotopic (exact) mass is 690 g/mol. The second-order valence-corrected chi connectivity index (χ2v) is 12.6. The van der Waals surface area contributed by atoms with Crippen molar-refractivity contribution in [3.63, 3.8) is 0 Å². The largest absolute Gasteiger partial charge is 0.456 e. The van der Waals surface area contributed by atoms with Gasteiger partial charge in [-0.3, -0.25) is 0 Å². The molecule has 0 fully saturated rings. The fraction of sp³-hybridized carbons (Fsp3) is 0.0588. The standard InChI is InChI=1S/C51H34O/c1-51(2)44-23-10-9-21-41(44)50-36(22-12-24-45(50)51)33-15-11-16-34(27-33)48-37-17-5-7-19-39(37)49(40-20-8-6-18-38(40)48)35-25-26-46-42(29-35)43-28-31-13-3-4-14-32(31)30-47(43)52-46/h3-30H,1-2H3/i3D,4D,5D,6D,7D,8D,9D,10D,11D,12D,13D,14D,15D,16D,17D,18D,19D,20D,21D,22D,23D,24D,25D,26D,27D,28D,29D,30D. The molecule has 1 heterocycles. The summed E-state index contributed by atoms with van der Waals surface area (Å²) in [4.78, 5) is 0. The Morgan fingerprint density at radius 1 is 0.385 bits per heavy atom. The lowest BCUT2D eigenvalue weighted by Gasteiger charge is -2.21. The maximum atomic E-state index is 10.1. The first-order chi connectivity index (χ1) is 37.2. The van der Waals surface area contributed by atoms with Crippen LogP contribution in [0.4, 0.5) is 0 Å². The normalized spacial score (nSPS) is 20.9. The average Bonchev–Trinajstić information content (AvgIpc) is 4.01. The highest BCUT2D eigenvalue weighted by Crippen LogP contribution is 2.52. The molecule has 0 aliphatic heterocycles. The first-order valence-electron chi connectivity index (χ1n) is 29.9. The van der Waals surface area contributed by atoms with Crippen LogP contribution in [0.5, 0.6) is 0 Å². The lowest BCUT2D eigenvalue weighted by atomic mass is 9.82. The van der Waals surface area contributed by atoms with E-state index < -0.39 is 262 Å². The van der Waals surface area contributed by atoms with Crippen molar-refractivity contribution in [1.29, 1.82) is 0 Å². The summed E-state index contributed by atoms with van der Waals surface area (Å²) in [5, 5.41) is -4.92. The molecule has 0 saturated carbocycles.